The molecular weight excluding hydrogens is 445 g/mol. The standard InChI is InChI=1S/C24H31F3N6O/c25-13-16-11-19(26)22(20(27)12-16)30-15-29-21-14-28-24(32-17-5-2-1-3-6-17)33-23(21)31-18-7-4-9-34-10-8-18/h11-12,14-15,17-18H,1-10,13H2,(H,29,30)(H2,28,31,32,33). The van der Waals surface area contributed by atoms with Crippen molar-refractivity contribution in [2.24, 2.45) is 4.99 Å². The van der Waals surface area contributed by atoms with Gasteiger partial charge in [-0.05, 0) is 49.8 Å². The van der Waals surface area contributed by atoms with Gasteiger partial charge >= 0.3 is 0 Å². The predicted octanol–water partition coefficient (Wildman–Crippen LogP) is 5.72. The van der Waals surface area contributed by atoms with Gasteiger partial charge in [0.25, 0.3) is 0 Å². The van der Waals surface area contributed by atoms with Crippen LogP contribution < -0.4 is 16.0 Å². The number of halogens is 3. The minimum atomic E-state index is -0.949. The van der Waals surface area contributed by atoms with E-state index in [1.807, 2.05) is 0 Å². The molecule has 2 aliphatic rings. The second-order valence-corrected chi connectivity index (χ2v) is 8.76. The molecule has 1 saturated heterocycles. The number of nitrogens with zero attached hydrogens (tertiary/aromatic N) is 3. The van der Waals surface area contributed by atoms with Gasteiger partial charge in [0.1, 0.15) is 18.0 Å². The number of hydrogen-bond acceptors (Lipinski definition) is 6. The Labute approximate surface area is 197 Å². The van der Waals surface area contributed by atoms with E-state index in [2.05, 4.69) is 30.9 Å². The molecule has 3 N–H and O–H groups in total. The van der Waals surface area contributed by atoms with Crippen LogP contribution in [-0.4, -0.2) is 41.6 Å². The third-order valence-electron chi connectivity index (χ3n) is 6.16. The number of rotatable bonds is 8. The lowest BCUT2D eigenvalue weighted by Gasteiger charge is -2.24. The van der Waals surface area contributed by atoms with Gasteiger partial charge in [0.2, 0.25) is 5.95 Å². The van der Waals surface area contributed by atoms with E-state index >= 15 is 0 Å². The first-order valence-corrected chi connectivity index (χ1v) is 11.9. The van der Waals surface area contributed by atoms with Crippen molar-refractivity contribution in [3.63, 3.8) is 0 Å². The molecule has 0 spiro atoms. The number of hydrogen-bond donors (Lipinski definition) is 3. The van der Waals surface area contributed by atoms with Crippen LogP contribution in [0.1, 0.15) is 56.9 Å². The number of aromatic nitrogens is 2. The van der Waals surface area contributed by atoms with Gasteiger partial charge in [-0.15, -0.1) is 0 Å². The largest absolute Gasteiger partial charge is 0.381 e. The molecule has 1 aromatic heterocycles. The third-order valence-corrected chi connectivity index (χ3v) is 6.16. The highest BCUT2D eigenvalue weighted by molar-refractivity contribution is 5.83. The fraction of sp³-hybridized carbons (Fsp3) is 0.542. The lowest BCUT2D eigenvalue weighted by atomic mass is 9.96. The van der Waals surface area contributed by atoms with Crippen molar-refractivity contribution in [2.75, 3.05) is 29.2 Å². The Morgan fingerprint density at radius 1 is 0.971 bits per heavy atom. The van der Waals surface area contributed by atoms with Crippen LogP contribution >= 0.6 is 0 Å². The van der Waals surface area contributed by atoms with E-state index in [1.165, 1.54) is 25.6 Å². The zero-order chi connectivity index (χ0) is 23.8. The average molecular weight is 477 g/mol. The Morgan fingerprint density at radius 2 is 1.71 bits per heavy atom. The van der Waals surface area contributed by atoms with Crippen LogP contribution in [0.4, 0.5) is 36.3 Å². The van der Waals surface area contributed by atoms with E-state index < -0.39 is 24.0 Å². The summed E-state index contributed by atoms with van der Waals surface area (Å²) >= 11 is 0. The van der Waals surface area contributed by atoms with Gasteiger partial charge in [0.05, 0.1) is 12.5 Å². The molecule has 2 heterocycles. The Hall–Kier alpha value is -2.88. The number of anilines is 3. The summed E-state index contributed by atoms with van der Waals surface area (Å²) in [6.45, 7) is 0.468. The summed E-state index contributed by atoms with van der Waals surface area (Å²) in [5.74, 6) is -0.724. The fourth-order valence-corrected chi connectivity index (χ4v) is 4.32. The Balaban J connectivity index is 1.51. The SMILES string of the molecule is FCc1cc(F)c(N=CNc2cnc(NC3CCCCC3)nc2NC2CCCOCC2)c(F)c1. The highest BCUT2D eigenvalue weighted by Gasteiger charge is 2.18. The quantitative estimate of drug-likeness (QED) is 0.334. The van der Waals surface area contributed by atoms with Crippen LogP contribution in [0.25, 0.3) is 0 Å². The third kappa shape index (κ3) is 6.59. The molecule has 10 heteroatoms. The van der Waals surface area contributed by atoms with E-state index in [1.54, 1.807) is 6.20 Å². The Morgan fingerprint density at radius 3 is 2.47 bits per heavy atom. The monoisotopic (exact) mass is 476 g/mol. The lowest BCUT2D eigenvalue weighted by molar-refractivity contribution is 0.144. The minimum Gasteiger partial charge on any atom is -0.381 e. The predicted molar refractivity (Wildman–Crippen MR) is 128 cm³/mol. The van der Waals surface area contributed by atoms with Gasteiger partial charge in [-0.1, -0.05) is 19.3 Å². The molecule has 0 radical (unpaired) electrons. The highest BCUT2D eigenvalue weighted by Crippen LogP contribution is 2.27. The summed E-state index contributed by atoms with van der Waals surface area (Å²) in [5, 5.41) is 9.83. The normalized spacial score (nSPS) is 19.7. The molecule has 7 nitrogen and oxygen atoms in total. The summed E-state index contributed by atoms with van der Waals surface area (Å²) in [6, 6.07) is 2.41. The molecule has 2 fully saturated rings. The van der Waals surface area contributed by atoms with Crippen LogP contribution in [0, 0.1) is 11.6 Å². The molecule has 1 unspecified atom stereocenters. The zero-order valence-electron chi connectivity index (χ0n) is 19.1. The van der Waals surface area contributed by atoms with Crippen LogP contribution in [0.3, 0.4) is 0 Å². The van der Waals surface area contributed by atoms with Crippen LogP contribution in [0.15, 0.2) is 23.3 Å². The number of benzene rings is 1. The Bertz CT molecular complexity index is 952. The van der Waals surface area contributed by atoms with Gasteiger partial charge < -0.3 is 20.7 Å². The van der Waals surface area contributed by atoms with E-state index in [4.69, 9.17) is 4.74 Å². The number of ether oxygens (including phenoxy) is 1. The summed E-state index contributed by atoms with van der Waals surface area (Å²) in [4.78, 5) is 13.0. The van der Waals surface area contributed by atoms with Crippen LogP contribution in [0.5, 0.6) is 0 Å². The van der Waals surface area contributed by atoms with Crippen molar-refractivity contribution in [3.8, 4) is 0 Å². The first kappa shape index (κ1) is 24.3. The minimum absolute atomic E-state index is 0.0739. The molecule has 0 bridgehead atoms. The molecule has 4 rings (SSSR count). The van der Waals surface area contributed by atoms with Crippen molar-refractivity contribution in [2.45, 2.75) is 70.1 Å². The summed E-state index contributed by atoms with van der Waals surface area (Å²) in [5.41, 5.74) is -0.0313. The van der Waals surface area contributed by atoms with E-state index in [9.17, 15) is 13.2 Å². The van der Waals surface area contributed by atoms with Crippen molar-refractivity contribution < 1.29 is 17.9 Å². The summed E-state index contributed by atoms with van der Waals surface area (Å²) < 4.78 is 46.5. The highest BCUT2D eigenvalue weighted by atomic mass is 19.1. The van der Waals surface area contributed by atoms with Crippen molar-refractivity contribution >= 4 is 29.5 Å². The molecule has 1 saturated carbocycles. The molecule has 34 heavy (non-hydrogen) atoms. The summed E-state index contributed by atoms with van der Waals surface area (Å²) in [7, 11) is 0. The van der Waals surface area contributed by atoms with Gasteiger partial charge in [0, 0.05) is 25.3 Å². The van der Waals surface area contributed by atoms with Gasteiger partial charge in [-0.25, -0.2) is 23.1 Å². The van der Waals surface area contributed by atoms with Crippen LogP contribution in [-0.2, 0) is 11.4 Å². The summed E-state index contributed by atoms with van der Waals surface area (Å²) in [6.07, 6.45) is 11.4. The number of nitrogens with one attached hydrogen (secondary N) is 3. The second kappa shape index (κ2) is 12.0. The maximum Gasteiger partial charge on any atom is 0.224 e. The van der Waals surface area contributed by atoms with Gasteiger partial charge in [0.15, 0.2) is 17.5 Å². The molecule has 1 atom stereocenters. The number of aliphatic imine (C=N–C) groups is 1. The van der Waals surface area contributed by atoms with Crippen LogP contribution in [0.2, 0.25) is 0 Å². The lowest BCUT2D eigenvalue weighted by Crippen LogP contribution is -2.25. The first-order chi connectivity index (χ1) is 16.6. The second-order valence-electron chi connectivity index (χ2n) is 8.76. The molecular formula is C24H31F3N6O. The smallest absolute Gasteiger partial charge is 0.224 e. The first-order valence-electron chi connectivity index (χ1n) is 11.9. The van der Waals surface area contributed by atoms with Crippen molar-refractivity contribution in [3.05, 3.63) is 35.5 Å². The van der Waals surface area contributed by atoms with E-state index in [0.717, 1.165) is 50.8 Å². The maximum atomic E-state index is 14.1. The molecule has 1 aromatic carbocycles. The Kier molecular flexibility index (Phi) is 8.56. The van der Waals surface area contributed by atoms with E-state index in [0.29, 0.717) is 30.1 Å². The fourth-order valence-electron chi connectivity index (χ4n) is 4.32. The average Bonchev–Trinajstić information content (AvgIpc) is 3.11. The molecule has 184 valence electrons. The number of alkyl halides is 1. The molecule has 2 aromatic rings. The molecule has 0 amide bonds. The van der Waals surface area contributed by atoms with Gasteiger partial charge in [-0.3, -0.25) is 0 Å². The van der Waals surface area contributed by atoms with E-state index in [-0.39, 0.29) is 11.6 Å². The topological polar surface area (TPSA) is 83.5 Å². The molecule has 1 aliphatic carbocycles. The van der Waals surface area contributed by atoms with Gasteiger partial charge in [-0.2, -0.15) is 4.98 Å². The van der Waals surface area contributed by atoms with Crippen molar-refractivity contribution in [1.29, 1.82) is 0 Å². The van der Waals surface area contributed by atoms with Crippen molar-refractivity contribution in [1.82, 2.24) is 9.97 Å². The maximum absolute atomic E-state index is 14.1. The molecule has 1 aliphatic heterocycles. The zero-order valence-corrected chi connectivity index (χ0v) is 19.1.